The van der Waals surface area contributed by atoms with Gasteiger partial charge in [-0.1, -0.05) is 0 Å². The third kappa shape index (κ3) is 2.88. The number of amides is 1. The molecule has 5 nitrogen and oxygen atoms in total. The van der Waals surface area contributed by atoms with Gasteiger partial charge in [0.1, 0.15) is 0 Å². The minimum Gasteiger partial charge on any atom is -0.388 e. The summed E-state index contributed by atoms with van der Waals surface area (Å²) in [5, 5.41) is 12.4. The number of rotatable bonds is 4. The van der Waals surface area contributed by atoms with E-state index in [-0.39, 0.29) is 5.91 Å². The highest BCUT2D eigenvalue weighted by Gasteiger charge is 2.36. The number of thiazole rings is 1. The first-order chi connectivity index (χ1) is 8.41. The average Bonchev–Trinajstić information content (AvgIpc) is 2.64. The summed E-state index contributed by atoms with van der Waals surface area (Å²) in [5.41, 5.74) is 0.415. The van der Waals surface area contributed by atoms with Crippen LogP contribution in [0.15, 0.2) is 5.38 Å². The van der Waals surface area contributed by atoms with Gasteiger partial charge in [0, 0.05) is 38.5 Å². The summed E-state index contributed by atoms with van der Waals surface area (Å²) in [6.45, 7) is 8.08. The van der Waals surface area contributed by atoms with Gasteiger partial charge in [-0.15, -0.1) is 11.3 Å². The topological polar surface area (TPSA) is 56.7 Å². The van der Waals surface area contributed by atoms with E-state index in [9.17, 15) is 9.90 Å². The van der Waals surface area contributed by atoms with E-state index in [1.165, 1.54) is 11.3 Å². The van der Waals surface area contributed by atoms with Crippen LogP contribution in [0.5, 0.6) is 0 Å². The summed E-state index contributed by atoms with van der Waals surface area (Å²) >= 11 is 1.49. The highest BCUT2D eigenvalue weighted by atomic mass is 32.1. The van der Waals surface area contributed by atoms with Crippen molar-refractivity contribution in [2.75, 3.05) is 24.5 Å². The summed E-state index contributed by atoms with van der Waals surface area (Å²) in [6, 6.07) is 0. The molecule has 0 aliphatic carbocycles. The quantitative estimate of drug-likeness (QED) is 0.889. The molecule has 1 aromatic rings. The molecule has 1 saturated heterocycles. The summed E-state index contributed by atoms with van der Waals surface area (Å²) in [4.78, 5) is 19.7. The van der Waals surface area contributed by atoms with E-state index >= 15 is 0 Å². The maximum Gasteiger partial charge on any atom is 0.225 e. The maximum absolute atomic E-state index is 11.4. The van der Waals surface area contributed by atoms with Crippen molar-refractivity contribution in [2.24, 2.45) is 0 Å². The molecule has 2 rings (SSSR count). The Kier molecular flexibility index (Phi) is 3.70. The predicted octanol–water partition coefficient (Wildman–Crippen LogP) is 1.08. The number of hydrogen-bond donors (Lipinski definition) is 1. The van der Waals surface area contributed by atoms with E-state index in [4.69, 9.17) is 0 Å². The average molecular weight is 269 g/mol. The summed E-state index contributed by atoms with van der Waals surface area (Å²) in [5.74, 6) is 0.0188. The van der Waals surface area contributed by atoms with Crippen molar-refractivity contribution >= 4 is 22.4 Å². The maximum atomic E-state index is 11.4. The Morgan fingerprint density at radius 1 is 1.67 bits per heavy atom. The van der Waals surface area contributed by atoms with Crippen LogP contribution in [0.1, 0.15) is 26.5 Å². The van der Waals surface area contributed by atoms with Crippen LogP contribution in [0, 0.1) is 0 Å². The first kappa shape index (κ1) is 13.5. The number of aromatic nitrogens is 1. The summed E-state index contributed by atoms with van der Waals surface area (Å²) < 4.78 is 0. The molecule has 0 saturated carbocycles. The molecular weight excluding hydrogens is 250 g/mol. The highest BCUT2D eigenvalue weighted by Crippen LogP contribution is 2.25. The Morgan fingerprint density at radius 3 is 2.83 bits per heavy atom. The van der Waals surface area contributed by atoms with Gasteiger partial charge in [0.25, 0.3) is 0 Å². The third-order valence-electron chi connectivity index (χ3n) is 2.98. The lowest BCUT2D eigenvalue weighted by Gasteiger charge is -2.43. The standard InChI is InChI=1S/C12H19N3O2S/c1-4-15(9(2)16)11-13-10(6-18-11)5-14-7-12(3,17)8-14/h6,17H,4-5,7-8H2,1-3H3. The molecule has 1 aliphatic heterocycles. The molecule has 18 heavy (non-hydrogen) atoms. The minimum atomic E-state index is -0.548. The van der Waals surface area contributed by atoms with Gasteiger partial charge in [-0.05, 0) is 13.8 Å². The molecule has 0 atom stereocenters. The molecule has 1 aliphatic rings. The van der Waals surface area contributed by atoms with Crippen LogP contribution in [-0.2, 0) is 11.3 Å². The number of β-amino-alcohol motifs (C(OH)–C–C–N with tert-alkyl or cyclic N) is 1. The molecule has 1 amide bonds. The number of carbonyl (C=O) groups excluding carboxylic acids is 1. The van der Waals surface area contributed by atoms with E-state index in [0.29, 0.717) is 19.6 Å². The molecule has 0 aromatic carbocycles. The molecule has 0 spiro atoms. The molecule has 1 N–H and O–H groups in total. The third-order valence-corrected chi connectivity index (χ3v) is 3.89. The van der Waals surface area contributed by atoms with E-state index in [1.807, 2.05) is 19.2 Å². The second-order valence-electron chi connectivity index (χ2n) is 5.03. The van der Waals surface area contributed by atoms with Crippen LogP contribution in [0.25, 0.3) is 0 Å². The fraction of sp³-hybridized carbons (Fsp3) is 0.667. The zero-order valence-corrected chi connectivity index (χ0v) is 11.8. The first-order valence-corrected chi connectivity index (χ1v) is 6.96. The largest absolute Gasteiger partial charge is 0.388 e. The molecule has 2 heterocycles. The van der Waals surface area contributed by atoms with Crippen LogP contribution in [-0.4, -0.2) is 46.1 Å². The summed E-state index contributed by atoms with van der Waals surface area (Å²) in [6.07, 6.45) is 0. The smallest absolute Gasteiger partial charge is 0.225 e. The number of hydrogen-bond acceptors (Lipinski definition) is 5. The van der Waals surface area contributed by atoms with Gasteiger partial charge < -0.3 is 5.11 Å². The van der Waals surface area contributed by atoms with Crippen LogP contribution < -0.4 is 4.90 Å². The lowest BCUT2D eigenvalue weighted by Crippen LogP contribution is -2.59. The normalized spacial score (nSPS) is 18.4. The van der Waals surface area contributed by atoms with Crippen molar-refractivity contribution in [2.45, 2.75) is 32.9 Å². The Morgan fingerprint density at radius 2 is 2.33 bits per heavy atom. The van der Waals surface area contributed by atoms with Crippen molar-refractivity contribution < 1.29 is 9.90 Å². The number of likely N-dealkylation sites (tertiary alicyclic amines) is 1. The Labute approximate surface area is 111 Å². The second-order valence-corrected chi connectivity index (χ2v) is 5.86. The van der Waals surface area contributed by atoms with E-state index in [1.54, 1.807) is 11.8 Å². The van der Waals surface area contributed by atoms with Crippen molar-refractivity contribution in [1.29, 1.82) is 0 Å². The van der Waals surface area contributed by atoms with E-state index in [2.05, 4.69) is 9.88 Å². The van der Waals surface area contributed by atoms with Gasteiger partial charge in [0.05, 0.1) is 11.3 Å². The Hall–Kier alpha value is -0.980. The Bertz CT molecular complexity index is 436. The minimum absolute atomic E-state index is 0.0188. The molecule has 6 heteroatoms. The van der Waals surface area contributed by atoms with Crippen LogP contribution >= 0.6 is 11.3 Å². The molecular formula is C12H19N3O2S. The fourth-order valence-electron chi connectivity index (χ4n) is 2.24. The van der Waals surface area contributed by atoms with Crippen LogP contribution in [0.4, 0.5) is 5.13 Å². The van der Waals surface area contributed by atoms with Gasteiger partial charge in [0.15, 0.2) is 5.13 Å². The first-order valence-electron chi connectivity index (χ1n) is 6.08. The number of aliphatic hydroxyl groups is 1. The Balaban J connectivity index is 1.96. The van der Waals surface area contributed by atoms with Crippen molar-refractivity contribution in [1.82, 2.24) is 9.88 Å². The fourth-order valence-corrected chi connectivity index (χ4v) is 3.17. The molecule has 0 radical (unpaired) electrons. The van der Waals surface area contributed by atoms with Gasteiger partial charge in [-0.2, -0.15) is 0 Å². The summed E-state index contributed by atoms with van der Waals surface area (Å²) in [7, 11) is 0. The predicted molar refractivity (Wildman–Crippen MR) is 71.7 cm³/mol. The van der Waals surface area contributed by atoms with Crippen LogP contribution in [0.2, 0.25) is 0 Å². The van der Waals surface area contributed by atoms with Crippen LogP contribution in [0.3, 0.4) is 0 Å². The number of carbonyl (C=O) groups is 1. The SMILES string of the molecule is CCN(C(C)=O)c1nc(CN2CC(C)(O)C2)cs1. The van der Waals surface area contributed by atoms with Crippen molar-refractivity contribution in [3.05, 3.63) is 11.1 Å². The monoisotopic (exact) mass is 269 g/mol. The number of nitrogens with zero attached hydrogens (tertiary/aromatic N) is 3. The molecule has 100 valence electrons. The van der Waals surface area contributed by atoms with Gasteiger partial charge in [0.2, 0.25) is 5.91 Å². The van der Waals surface area contributed by atoms with Gasteiger partial charge in [-0.25, -0.2) is 4.98 Å². The molecule has 1 aromatic heterocycles. The highest BCUT2D eigenvalue weighted by molar-refractivity contribution is 7.14. The molecule has 0 bridgehead atoms. The lowest BCUT2D eigenvalue weighted by atomic mass is 9.97. The number of anilines is 1. The second kappa shape index (κ2) is 4.95. The molecule has 0 unspecified atom stereocenters. The van der Waals surface area contributed by atoms with Crippen molar-refractivity contribution in [3.63, 3.8) is 0 Å². The molecule has 1 fully saturated rings. The zero-order valence-electron chi connectivity index (χ0n) is 11.0. The van der Waals surface area contributed by atoms with Gasteiger partial charge >= 0.3 is 0 Å². The van der Waals surface area contributed by atoms with Crippen molar-refractivity contribution in [3.8, 4) is 0 Å². The van der Waals surface area contributed by atoms with Gasteiger partial charge in [-0.3, -0.25) is 14.6 Å². The lowest BCUT2D eigenvalue weighted by molar-refractivity contribution is -0.116. The van der Waals surface area contributed by atoms with E-state index in [0.717, 1.165) is 17.4 Å². The van der Waals surface area contributed by atoms with E-state index < -0.39 is 5.60 Å². The zero-order chi connectivity index (χ0) is 13.3.